The van der Waals surface area contributed by atoms with E-state index in [0.29, 0.717) is 19.2 Å². The van der Waals surface area contributed by atoms with Crippen LogP contribution in [0.3, 0.4) is 0 Å². The fraction of sp³-hybridized carbons (Fsp3) is 0.917. The van der Waals surface area contributed by atoms with Gasteiger partial charge in [-0.25, -0.2) is 4.79 Å². The van der Waals surface area contributed by atoms with Gasteiger partial charge in [-0.05, 0) is 33.4 Å². The maximum atomic E-state index is 11.2. The Balaban J connectivity index is 3.52. The first-order valence-corrected chi connectivity index (χ1v) is 6.18. The van der Waals surface area contributed by atoms with Crippen molar-refractivity contribution < 1.29 is 9.53 Å². The quantitative estimate of drug-likeness (QED) is 0.650. The summed E-state index contributed by atoms with van der Waals surface area (Å²) in [6, 6.07) is 0.489. The zero-order valence-corrected chi connectivity index (χ0v) is 11.1. The standard InChI is InChI=1S/C12H26N2O2/c1-5-7-9-13-12(15)16-10-8-11(6-2)14(3)4/h11H,5-10H2,1-4H3,(H,13,15). The number of alkyl carbamates (subject to hydrolysis) is 1. The van der Waals surface area contributed by atoms with Crippen LogP contribution in [0, 0.1) is 0 Å². The van der Waals surface area contributed by atoms with Crippen LogP contribution in [0.2, 0.25) is 0 Å². The molecule has 0 aliphatic rings. The molecular weight excluding hydrogens is 204 g/mol. The molecule has 0 saturated heterocycles. The molecule has 0 heterocycles. The van der Waals surface area contributed by atoms with Crippen molar-refractivity contribution in [1.29, 1.82) is 0 Å². The summed E-state index contributed by atoms with van der Waals surface area (Å²) in [5.41, 5.74) is 0. The lowest BCUT2D eigenvalue weighted by molar-refractivity contribution is 0.131. The second kappa shape index (κ2) is 9.46. The van der Waals surface area contributed by atoms with Gasteiger partial charge >= 0.3 is 6.09 Å². The molecule has 0 aromatic carbocycles. The zero-order valence-electron chi connectivity index (χ0n) is 11.1. The van der Waals surface area contributed by atoms with Gasteiger partial charge in [0.1, 0.15) is 0 Å². The van der Waals surface area contributed by atoms with E-state index < -0.39 is 0 Å². The highest BCUT2D eigenvalue weighted by Crippen LogP contribution is 2.04. The summed E-state index contributed by atoms with van der Waals surface area (Å²) in [5, 5.41) is 2.73. The molecular formula is C12H26N2O2. The van der Waals surface area contributed by atoms with Crippen LogP contribution in [0.5, 0.6) is 0 Å². The van der Waals surface area contributed by atoms with Crippen LogP contribution in [0.25, 0.3) is 0 Å². The predicted octanol–water partition coefficient (Wildman–Crippen LogP) is 2.24. The van der Waals surface area contributed by atoms with E-state index in [1.165, 1.54) is 0 Å². The number of carbonyl (C=O) groups excluding carboxylic acids is 1. The summed E-state index contributed by atoms with van der Waals surface area (Å²) >= 11 is 0. The van der Waals surface area contributed by atoms with E-state index in [1.807, 2.05) is 0 Å². The van der Waals surface area contributed by atoms with E-state index in [-0.39, 0.29) is 6.09 Å². The van der Waals surface area contributed by atoms with Crippen LogP contribution in [0.15, 0.2) is 0 Å². The molecule has 0 radical (unpaired) electrons. The zero-order chi connectivity index (χ0) is 12.4. The van der Waals surface area contributed by atoms with Crippen molar-refractivity contribution in [3.8, 4) is 0 Å². The summed E-state index contributed by atoms with van der Waals surface area (Å²) < 4.78 is 5.09. The summed E-state index contributed by atoms with van der Waals surface area (Å²) in [6.45, 7) is 5.44. The number of hydrogen-bond acceptors (Lipinski definition) is 3. The summed E-state index contributed by atoms with van der Waals surface area (Å²) in [5.74, 6) is 0. The minimum atomic E-state index is -0.290. The predicted molar refractivity (Wildman–Crippen MR) is 66.6 cm³/mol. The fourth-order valence-electron chi connectivity index (χ4n) is 1.53. The van der Waals surface area contributed by atoms with Crippen LogP contribution in [-0.4, -0.2) is 44.3 Å². The van der Waals surface area contributed by atoms with Crippen molar-refractivity contribution in [2.75, 3.05) is 27.2 Å². The van der Waals surface area contributed by atoms with Gasteiger partial charge in [0, 0.05) is 12.6 Å². The van der Waals surface area contributed by atoms with Crippen molar-refractivity contribution in [2.24, 2.45) is 0 Å². The van der Waals surface area contributed by atoms with Crippen molar-refractivity contribution in [2.45, 2.75) is 45.6 Å². The Kier molecular flexibility index (Phi) is 9.00. The van der Waals surface area contributed by atoms with Crippen LogP contribution < -0.4 is 5.32 Å². The first-order valence-electron chi connectivity index (χ1n) is 6.18. The molecule has 0 aliphatic heterocycles. The number of carbonyl (C=O) groups is 1. The minimum Gasteiger partial charge on any atom is -0.450 e. The van der Waals surface area contributed by atoms with Crippen LogP contribution in [0.1, 0.15) is 39.5 Å². The lowest BCUT2D eigenvalue weighted by Crippen LogP contribution is -2.30. The molecule has 0 aromatic rings. The number of amides is 1. The van der Waals surface area contributed by atoms with Gasteiger partial charge in [-0.3, -0.25) is 0 Å². The Hall–Kier alpha value is -0.770. The number of rotatable bonds is 8. The third kappa shape index (κ3) is 7.51. The van der Waals surface area contributed by atoms with Crippen molar-refractivity contribution in [3.63, 3.8) is 0 Å². The van der Waals surface area contributed by atoms with Gasteiger partial charge < -0.3 is 15.0 Å². The van der Waals surface area contributed by atoms with Gasteiger partial charge in [0.25, 0.3) is 0 Å². The molecule has 1 unspecified atom stereocenters. The van der Waals surface area contributed by atoms with Gasteiger partial charge in [-0.15, -0.1) is 0 Å². The second-order valence-electron chi connectivity index (χ2n) is 4.23. The lowest BCUT2D eigenvalue weighted by atomic mass is 10.1. The molecule has 0 aliphatic carbocycles. The number of hydrogen-bond donors (Lipinski definition) is 1. The molecule has 96 valence electrons. The highest BCUT2D eigenvalue weighted by molar-refractivity contribution is 5.66. The third-order valence-corrected chi connectivity index (χ3v) is 2.69. The summed E-state index contributed by atoms with van der Waals surface area (Å²) in [7, 11) is 4.10. The normalized spacial score (nSPS) is 12.6. The number of nitrogens with one attached hydrogen (secondary N) is 1. The molecule has 0 spiro atoms. The highest BCUT2D eigenvalue weighted by atomic mass is 16.5. The molecule has 0 saturated carbocycles. The van der Waals surface area contributed by atoms with E-state index in [9.17, 15) is 4.79 Å². The summed E-state index contributed by atoms with van der Waals surface area (Å²) in [6.07, 6.45) is 3.77. The molecule has 0 aromatic heterocycles. The number of unbranched alkanes of at least 4 members (excludes halogenated alkanes) is 1. The Morgan fingerprint density at radius 2 is 2.06 bits per heavy atom. The Labute approximate surface area is 99.3 Å². The van der Waals surface area contributed by atoms with Crippen molar-refractivity contribution in [1.82, 2.24) is 10.2 Å². The second-order valence-corrected chi connectivity index (χ2v) is 4.23. The molecule has 16 heavy (non-hydrogen) atoms. The Morgan fingerprint density at radius 3 is 2.56 bits per heavy atom. The van der Waals surface area contributed by atoms with Crippen molar-refractivity contribution >= 4 is 6.09 Å². The highest BCUT2D eigenvalue weighted by Gasteiger charge is 2.09. The first-order chi connectivity index (χ1) is 7.61. The lowest BCUT2D eigenvalue weighted by Gasteiger charge is -2.22. The van der Waals surface area contributed by atoms with Gasteiger partial charge in [0.15, 0.2) is 0 Å². The molecule has 4 heteroatoms. The molecule has 0 fully saturated rings. The average molecular weight is 230 g/mol. The first kappa shape index (κ1) is 15.2. The van der Waals surface area contributed by atoms with Crippen LogP contribution >= 0.6 is 0 Å². The van der Waals surface area contributed by atoms with E-state index in [1.54, 1.807) is 0 Å². The molecule has 0 bridgehead atoms. The minimum absolute atomic E-state index is 0.290. The molecule has 1 N–H and O–H groups in total. The maximum absolute atomic E-state index is 11.2. The van der Waals surface area contributed by atoms with Crippen LogP contribution in [0.4, 0.5) is 4.79 Å². The smallest absolute Gasteiger partial charge is 0.407 e. The Bertz CT molecular complexity index is 184. The molecule has 4 nitrogen and oxygen atoms in total. The van der Waals surface area contributed by atoms with Gasteiger partial charge in [-0.2, -0.15) is 0 Å². The Morgan fingerprint density at radius 1 is 1.38 bits per heavy atom. The van der Waals surface area contributed by atoms with E-state index in [0.717, 1.165) is 25.7 Å². The van der Waals surface area contributed by atoms with Crippen molar-refractivity contribution in [3.05, 3.63) is 0 Å². The molecule has 1 atom stereocenters. The summed E-state index contributed by atoms with van der Waals surface area (Å²) in [4.78, 5) is 13.4. The third-order valence-electron chi connectivity index (χ3n) is 2.69. The van der Waals surface area contributed by atoms with E-state index in [2.05, 4.69) is 38.2 Å². The number of ether oxygens (including phenoxy) is 1. The van der Waals surface area contributed by atoms with Crippen LogP contribution in [-0.2, 0) is 4.74 Å². The SMILES string of the molecule is CCCCNC(=O)OCCC(CC)N(C)C. The van der Waals surface area contributed by atoms with E-state index in [4.69, 9.17) is 4.74 Å². The van der Waals surface area contributed by atoms with Gasteiger partial charge in [0.2, 0.25) is 0 Å². The van der Waals surface area contributed by atoms with Gasteiger partial charge in [0.05, 0.1) is 6.61 Å². The average Bonchev–Trinajstić information content (AvgIpc) is 2.24. The van der Waals surface area contributed by atoms with E-state index >= 15 is 0 Å². The monoisotopic (exact) mass is 230 g/mol. The number of nitrogens with zero attached hydrogens (tertiary/aromatic N) is 1. The fourth-order valence-corrected chi connectivity index (χ4v) is 1.53. The van der Waals surface area contributed by atoms with Gasteiger partial charge in [-0.1, -0.05) is 20.3 Å². The largest absolute Gasteiger partial charge is 0.450 e. The molecule has 0 rings (SSSR count). The maximum Gasteiger partial charge on any atom is 0.407 e. The topological polar surface area (TPSA) is 41.6 Å². The molecule has 1 amide bonds.